The maximum atomic E-state index is 12.1. The van der Waals surface area contributed by atoms with Gasteiger partial charge in [-0.15, -0.1) is 0 Å². The smallest absolute Gasteiger partial charge is 0.328 e. The maximum absolute atomic E-state index is 12.1. The number of imide groups is 1. The lowest BCUT2D eigenvalue weighted by Crippen LogP contribution is -2.50. The molecule has 1 aromatic rings. The molecule has 1 aromatic carbocycles. The van der Waals surface area contributed by atoms with Crippen LogP contribution in [-0.4, -0.2) is 80.5 Å². The molecule has 0 atom stereocenters. The number of piperazine rings is 1. The van der Waals surface area contributed by atoms with E-state index < -0.39 is 0 Å². The number of nitrogens with zero attached hydrogens (tertiary/aromatic N) is 4. The average Bonchev–Trinajstić information content (AvgIpc) is 2.75. The molecule has 0 bridgehead atoms. The Hall–Kier alpha value is -2.61. The van der Waals surface area contributed by atoms with Crippen LogP contribution in [0, 0.1) is 5.92 Å². The van der Waals surface area contributed by atoms with Gasteiger partial charge in [-0.05, 0) is 37.0 Å². The summed E-state index contributed by atoms with van der Waals surface area (Å²) in [5.41, 5.74) is 1.95. The van der Waals surface area contributed by atoms with E-state index in [-0.39, 0.29) is 11.9 Å². The third-order valence-electron chi connectivity index (χ3n) is 6.25. The second-order valence-corrected chi connectivity index (χ2v) is 8.15. The molecule has 3 fully saturated rings. The summed E-state index contributed by atoms with van der Waals surface area (Å²) < 4.78 is 0. The topological polar surface area (TPSA) is 76.2 Å². The first-order chi connectivity index (χ1) is 14.1. The fourth-order valence-electron chi connectivity index (χ4n) is 4.46. The summed E-state index contributed by atoms with van der Waals surface area (Å²) in [5.74, 6) is 0.469. The van der Waals surface area contributed by atoms with Gasteiger partial charge in [0.1, 0.15) is 0 Å². The van der Waals surface area contributed by atoms with E-state index in [0.717, 1.165) is 76.4 Å². The van der Waals surface area contributed by atoms with Crippen LogP contribution in [0.25, 0.3) is 0 Å². The Bertz CT molecular complexity index is 754. The van der Waals surface area contributed by atoms with Gasteiger partial charge in [-0.1, -0.05) is 6.07 Å². The number of carbonyl (C=O) groups is 3. The van der Waals surface area contributed by atoms with Crippen LogP contribution in [0.1, 0.15) is 19.3 Å². The van der Waals surface area contributed by atoms with Gasteiger partial charge in [-0.25, -0.2) is 4.79 Å². The highest BCUT2D eigenvalue weighted by molar-refractivity contribution is 6.05. The highest BCUT2D eigenvalue weighted by atomic mass is 16.2. The standard InChI is InChI=1S/C21H29N5O3/c27-16-24-7-4-17(5-8-24)15-23-10-12-25(13-11-23)18-2-1-3-19(14-18)26-9-6-20(28)22-21(26)29/h1-3,14,16-17H,4-13,15H2,(H,22,28,29). The van der Waals surface area contributed by atoms with Gasteiger partial charge in [0.2, 0.25) is 12.3 Å². The van der Waals surface area contributed by atoms with Crippen LogP contribution in [-0.2, 0) is 9.59 Å². The zero-order valence-electron chi connectivity index (χ0n) is 16.8. The molecule has 0 unspecified atom stereocenters. The number of hydrogen-bond donors (Lipinski definition) is 1. The second-order valence-electron chi connectivity index (χ2n) is 8.15. The molecule has 8 heteroatoms. The quantitative estimate of drug-likeness (QED) is 0.751. The number of amides is 4. The third kappa shape index (κ3) is 4.70. The van der Waals surface area contributed by atoms with E-state index in [2.05, 4.69) is 21.2 Å². The second kappa shape index (κ2) is 8.82. The summed E-state index contributed by atoms with van der Waals surface area (Å²) in [5, 5.41) is 2.38. The van der Waals surface area contributed by atoms with Crippen molar-refractivity contribution in [3.05, 3.63) is 24.3 Å². The zero-order valence-corrected chi connectivity index (χ0v) is 16.8. The van der Waals surface area contributed by atoms with Crippen molar-refractivity contribution in [2.75, 3.05) is 62.2 Å². The number of anilines is 2. The van der Waals surface area contributed by atoms with E-state index in [4.69, 9.17) is 0 Å². The minimum Gasteiger partial charge on any atom is -0.369 e. The number of likely N-dealkylation sites (tertiary alicyclic amines) is 1. The molecule has 3 aliphatic rings. The van der Waals surface area contributed by atoms with Crippen molar-refractivity contribution in [3.63, 3.8) is 0 Å². The molecule has 3 heterocycles. The largest absolute Gasteiger partial charge is 0.369 e. The van der Waals surface area contributed by atoms with Crippen molar-refractivity contribution in [1.29, 1.82) is 0 Å². The summed E-state index contributed by atoms with van der Waals surface area (Å²) in [7, 11) is 0. The summed E-state index contributed by atoms with van der Waals surface area (Å²) in [4.78, 5) is 42.8. The number of piperidine rings is 1. The summed E-state index contributed by atoms with van der Waals surface area (Å²) in [6.07, 6.45) is 3.50. The van der Waals surface area contributed by atoms with Crippen LogP contribution in [0.2, 0.25) is 0 Å². The lowest BCUT2D eigenvalue weighted by Gasteiger charge is -2.39. The molecule has 4 rings (SSSR count). The number of carbonyl (C=O) groups excluding carboxylic acids is 3. The van der Waals surface area contributed by atoms with E-state index in [1.807, 2.05) is 23.1 Å². The van der Waals surface area contributed by atoms with Crippen molar-refractivity contribution in [1.82, 2.24) is 15.1 Å². The van der Waals surface area contributed by atoms with Crippen LogP contribution in [0.4, 0.5) is 16.2 Å². The van der Waals surface area contributed by atoms with Crippen LogP contribution in [0.5, 0.6) is 0 Å². The number of benzene rings is 1. The molecule has 0 saturated carbocycles. The Kier molecular flexibility index (Phi) is 5.99. The molecule has 0 spiro atoms. The van der Waals surface area contributed by atoms with Crippen molar-refractivity contribution in [3.8, 4) is 0 Å². The molecule has 29 heavy (non-hydrogen) atoms. The Morgan fingerprint density at radius 2 is 1.69 bits per heavy atom. The molecule has 4 amide bonds. The first-order valence-electron chi connectivity index (χ1n) is 10.5. The van der Waals surface area contributed by atoms with Crippen LogP contribution in [0.15, 0.2) is 24.3 Å². The SMILES string of the molecule is O=CN1CCC(CN2CCN(c3cccc(N4CCC(=O)NC4=O)c3)CC2)CC1. The highest BCUT2D eigenvalue weighted by Crippen LogP contribution is 2.25. The molecular weight excluding hydrogens is 370 g/mol. The molecule has 156 valence electrons. The summed E-state index contributed by atoms with van der Waals surface area (Å²) in [6.45, 7) is 7.27. The summed E-state index contributed by atoms with van der Waals surface area (Å²) >= 11 is 0. The van der Waals surface area contributed by atoms with E-state index in [1.165, 1.54) is 0 Å². The van der Waals surface area contributed by atoms with Gasteiger partial charge < -0.3 is 9.80 Å². The minimum atomic E-state index is -0.344. The predicted molar refractivity (Wildman–Crippen MR) is 111 cm³/mol. The van der Waals surface area contributed by atoms with Gasteiger partial charge in [-0.2, -0.15) is 0 Å². The first-order valence-corrected chi connectivity index (χ1v) is 10.5. The number of rotatable bonds is 5. The van der Waals surface area contributed by atoms with Gasteiger partial charge >= 0.3 is 6.03 Å². The molecule has 0 aromatic heterocycles. The van der Waals surface area contributed by atoms with Crippen LogP contribution >= 0.6 is 0 Å². The van der Waals surface area contributed by atoms with Crippen molar-refractivity contribution < 1.29 is 14.4 Å². The lowest BCUT2D eigenvalue weighted by atomic mass is 9.96. The van der Waals surface area contributed by atoms with Crippen molar-refractivity contribution in [2.45, 2.75) is 19.3 Å². The fourth-order valence-corrected chi connectivity index (χ4v) is 4.46. The predicted octanol–water partition coefficient (Wildman–Crippen LogP) is 1.12. The van der Waals surface area contributed by atoms with Crippen molar-refractivity contribution >= 4 is 29.7 Å². The highest BCUT2D eigenvalue weighted by Gasteiger charge is 2.26. The van der Waals surface area contributed by atoms with E-state index >= 15 is 0 Å². The number of hydrogen-bond acceptors (Lipinski definition) is 5. The van der Waals surface area contributed by atoms with Gasteiger partial charge in [-0.3, -0.25) is 24.7 Å². The Labute approximate surface area is 171 Å². The van der Waals surface area contributed by atoms with Crippen LogP contribution < -0.4 is 15.1 Å². The molecule has 8 nitrogen and oxygen atoms in total. The monoisotopic (exact) mass is 399 g/mol. The fraction of sp³-hybridized carbons (Fsp3) is 0.571. The van der Waals surface area contributed by atoms with Gasteiger partial charge in [0.15, 0.2) is 0 Å². The lowest BCUT2D eigenvalue weighted by molar-refractivity contribution is -0.120. The van der Waals surface area contributed by atoms with Crippen LogP contribution in [0.3, 0.4) is 0 Å². The summed E-state index contributed by atoms with van der Waals surface area (Å²) in [6, 6.07) is 7.67. The number of urea groups is 1. The molecule has 0 radical (unpaired) electrons. The maximum Gasteiger partial charge on any atom is 0.328 e. The molecule has 0 aliphatic carbocycles. The molecule has 1 N–H and O–H groups in total. The minimum absolute atomic E-state index is 0.213. The van der Waals surface area contributed by atoms with E-state index in [1.54, 1.807) is 4.90 Å². The zero-order chi connectivity index (χ0) is 20.2. The molecule has 3 aliphatic heterocycles. The molecular formula is C21H29N5O3. The Balaban J connectivity index is 1.30. The number of nitrogens with one attached hydrogen (secondary N) is 1. The third-order valence-corrected chi connectivity index (χ3v) is 6.25. The Morgan fingerprint density at radius 3 is 2.38 bits per heavy atom. The van der Waals surface area contributed by atoms with E-state index in [0.29, 0.717) is 18.9 Å². The van der Waals surface area contributed by atoms with Gasteiger partial charge in [0.05, 0.1) is 0 Å². The van der Waals surface area contributed by atoms with Gasteiger partial charge in [0, 0.05) is 70.2 Å². The van der Waals surface area contributed by atoms with Gasteiger partial charge in [0.25, 0.3) is 0 Å². The van der Waals surface area contributed by atoms with Crippen molar-refractivity contribution in [2.24, 2.45) is 5.92 Å². The van der Waals surface area contributed by atoms with E-state index in [9.17, 15) is 14.4 Å². The average molecular weight is 399 g/mol. The normalized spacial score (nSPS) is 22.0. The first kappa shape index (κ1) is 19.7. The Morgan fingerprint density at radius 1 is 0.966 bits per heavy atom. The molecule has 3 saturated heterocycles.